The highest BCUT2D eigenvalue weighted by molar-refractivity contribution is 6.16. The van der Waals surface area contributed by atoms with E-state index in [1.54, 1.807) is 4.57 Å². The largest absolute Gasteiger partial charge is 0.305 e. The molecule has 0 fully saturated rings. The van der Waals surface area contributed by atoms with Crippen molar-refractivity contribution in [2.45, 2.75) is 32.2 Å². The van der Waals surface area contributed by atoms with Gasteiger partial charge in [0.15, 0.2) is 23.3 Å². The fourth-order valence-corrected chi connectivity index (χ4v) is 2.15. The molecular weight excluding hydrogens is 291 g/mol. The van der Waals surface area contributed by atoms with Crippen molar-refractivity contribution >= 4 is 11.6 Å². The van der Waals surface area contributed by atoms with Gasteiger partial charge in [0.25, 0.3) is 0 Å². The number of nitrogens with zero attached hydrogens (tertiary/aromatic N) is 3. The summed E-state index contributed by atoms with van der Waals surface area (Å²) in [5.74, 6) is -3.22. The van der Waals surface area contributed by atoms with E-state index >= 15 is 0 Å². The summed E-state index contributed by atoms with van der Waals surface area (Å²) < 4.78 is 41.4. The molecule has 0 saturated heterocycles. The Kier molecular flexibility index (Phi) is 3.77. The van der Waals surface area contributed by atoms with Crippen molar-refractivity contribution in [2.75, 3.05) is 0 Å². The molecule has 0 amide bonds. The van der Waals surface area contributed by atoms with Gasteiger partial charge in [-0.3, -0.25) is 0 Å². The Bertz CT molecular complexity index is 624. The summed E-state index contributed by atoms with van der Waals surface area (Å²) in [5, 5.41) is 7.81. The summed E-state index contributed by atoms with van der Waals surface area (Å²) >= 11 is 5.80. The van der Waals surface area contributed by atoms with E-state index in [-0.39, 0.29) is 17.3 Å². The SMILES string of the molecule is CC(C)(C)n1c(CCl)nnc1-c1cc(F)c(F)c(F)c1. The van der Waals surface area contributed by atoms with E-state index in [4.69, 9.17) is 11.6 Å². The second kappa shape index (κ2) is 5.09. The highest BCUT2D eigenvalue weighted by Crippen LogP contribution is 2.28. The van der Waals surface area contributed by atoms with Gasteiger partial charge in [-0.25, -0.2) is 13.2 Å². The highest BCUT2D eigenvalue weighted by atomic mass is 35.5. The molecule has 108 valence electrons. The van der Waals surface area contributed by atoms with Crippen LogP contribution in [0.5, 0.6) is 0 Å². The number of hydrogen-bond acceptors (Lipinski definition) is 2. The second-order valence-electron chi connectivity index (χ2n) is 5.33. The summed E-state index contributed by atoms with van der Waals surface area (Å²) in [6, 6.07) is 1.78. The van der Waals surface area contributed by atoms with Crippen LogP contribution < -0.4 is 0 Å². The lowest BCUT2D eigenvalue weighted by Crippen LogP contribution is -2.25. The van der Waals surface area contributed by atoms with Crippen molar-refractivity contribution in [3.8, 4) is 11.4 Å². The van der Waals surface area contributed by atoms with Crippen LogP contribution in [-0.4, -0.2) is 14.8 Å². The first-order valence-corrected chi connectivity index (χ1v) is 6.45. The Morgan fingerprint density at radius 3 is 2.10 bits per heavy atom. The summed E-state index contributed by atoms with van der Waals surface area (Å²) in [7, 11) is 0. The monoisotopic (exact) mass is 303 g/mol. The zero-order valence-corrected chi connectivity index (χ0v) is 12.0. The standard InChI is InChI=1S/C13H13ClF3N3/c1-13(2,3)20-10(6-14)18-19-12(20)7-4-8(15)11(17)9(16)5-7/h4-5H,6H2,1-3H3. The van der Waals surface area contributed by atoms with Gasteiger partial charge in [-0.1, -0.05) is 0 Å². The number of rotatable bonds is 2. The van der Waals surface area contributed by atoms with E-state index in [1.165, 1.54) is 0 Å². The molecule has 0 saturated carbocycles. The van der Waals surface area contributed by atoms with Gasteiger partial charge < -0.3 is 4.57 Å². The lowest BCUT2D eigenvalue weighted by atomic mass is 10.1. The molecule has 1 aromatic heterocycles. The topological polar surface area (TPSA) is 30.7 Å². The van der Waals surface area contributed by atoms with Crippen molar-refractivity contribution in [2.24, 2.45) is 0 Å². The third-order valence-electron chi connectivity index (χ3n) is 2.76. The first kappa shape index (κ1) is 14.8. The summed E-state index contributed by atoms with van der Waals surface area (Å²) in [6.45, 7) is 5.64. The predicted octanol–water partition coefficient (Wildman–Crippen LogP) is 3.86. The number of aromatic nitrogens is 3. The van der Waals surface area contributed by atoms with Gasteiger partial charge in [-0.2, -0.15) is 0 Å². The minimum absolute atomic E-state index is 0.108. The second-order valence-corrected chi connectivity index (χ2v) is 5.60. The average molecular weight is 304 g/mol. The van der Waals surface area contributed by atoms with Crippen molar-refractivity contribution < 1.29 is 13.2 Å². The molecule has 0 aliphatic heterocycles. The molecular formula is C13H13ClF3N3. The van der Waals surface area contributed by atoms with E-state index in [0.717, 1.165) is 12.1 Å². The zero-order valence-electron chi connectivity index (χ0n) is 11.2. The van der Waals surface area contributed by atoms with Gasteiger partial charge in [0, 0.05) is 11.1 Å². The molecule has 0 atom stereocenters. The van der Waals surface area contributed by atoms with Crippen LogP contribution >= 0.6 is 11.6 Å². The van der Waals surface area contributed by atoms with E-state index < -0.39 is 23.0 Å². The van der Waals surface area contributed by atoms with Gasteiger partial charge in [-0.05, 0) is 32.9 Å². The van der Waals surface area contributed by atoms with E-state index in [2.05, 4.69) is 10.2 Å². The van der Waals surface area contributed by atoms with Gasteiger partial charge in [0.05, 0.1) is 5.88 Å². The van der Waals surface area contributed by atoms with E-state index in [1.807, 2.05) is 20.8 Å². The quantitative estimate of drug-likeness (QED) is 0.623. The van der Waals surface area contributed by atoms with Crippen LogP contribution in [0.25, 0.3) is 11.4 Å². The number of alkyl halides is 1. The van der Waals surface area contributed by atoms with Crippen LogP contribution in [0.15, 0.2) is 12.1 Å². The maximum atomic E-state index is 13.3. The van der Waals surface area contributed by atoms with Crippen LogP contribution in [0.2, 0.25) is 0 Å². The molecule has 2 rings (SSSR count). The van der Waals surface area contributed by atoms with E-state index in [9.17, 15) is 13.2 Å². The van der Waals surface area contributed by atoms with Gasteiger partial charge in [-0.15, -0.1) is 21.8 Å². The van der Waals surface area contributed by atoms with Crippen LogP contribution in [0.1, 0.15) is 26.6 Å². The van der Waals surface area contributed by atoms with Crippen LogP contribution in [0, 0.1) is 17.5 Å². The van der Waals surface area contributed by atoms with Crippen LogP contribution in [-0.2, 0) is 11.4 Å². The maximum absolute atomic E-state index is 13.3. The molecule has 3 nitrogen and oxygen atoms in total. The molecule has 20 heavy (non-hydrogen) atoms. The Labute approximate surface area is 119 Å². The number of halogens is 4. The van der Waals surface area contributed by atoms with Gasteiger partial charge in [0.1, 0.15) is 5.82 Å². The third kappa shape index (κ3) is 2.52. The molecule has 1 aromatic carbocycles. The molecule has 2 aromatic rings. The highest BCUT2D eigenvalue weighted by Gasteiger charge is 2.24. The number of benzene rings is 1. The Balaban J connectivity index is 2.68. The lowest BCUT2D eigenvalue weighted by molar-refractivity contribution is 0.389. The molecule has 0 aliphatic carbocycles. The minimum atomic E-state index is -1.51. The Hall–Kier alpha value is -1.56. The zero-order chi connectivity index (χ0) is 15.1. The van der Waals surface area contributed by atoms with Crippen LogP contribution in [0.4, 0.5) is 13.2 Å². The lowest BCUT2D eigenvalue weighted by Gasteiger charge is -2.24. The average Bonchev–Trinajstić information content (AvgIpc) is 2.79. The van der Waals surface area contributed by atoms with Crippen molar-refractivity contribution in [3.63, 3.8) is 0 Å². The summed E-state index contributed by atoms with van der Waals surface area (Å²) in [4.78, 5) is 0. The smallest absolute Gasteiger partial charge is 0.194 e. The Morgan fingerprint density at radius 1 is 1.10 bits per heavy atom. The van der Waals surface area contributed by atoms with Gasteiger partial charge in [0.2, 0.25) is 0 Å². The molecule has 0 spiro atoms. The van der Waals surface area contributed by atoms with E-state index in [0.29, 0.717) is 5.82 Å². The fraction of sp³-hybridized carbons (Fsp3) is 0.385. The molecule has 0 aliphatic rings. The van der Waals surface area contributed by atoms with Crippen molar-refractivity contribution in [1.82, 2.24) is 14.8 Å². The molecule has 7 heteroatoms. The summed E-state index contributed by atoms with van der Waals surface area (Å²) in [6.07, 6.45) is 0. The molecule has 1 heterocycles. The summed E-state index contributed by atoms with van der Waals surface area (Å²) in [5.41, 5.74) is -0.329. The molecule has 0 unspecified atom stereocenters. The normalized spacial score (nSPS) is 11.9. The maximum Gasteiger partial charge on any atom is 0.194 e. The Morgan fingerprint density at radius 2 is 1.65 bits per heavy atom. The molecule has 0 radical (unpaired) electrons. The molecule has 0 N–H and O–H groups in total. The first-order chi connectivity index (χ1) is 9.25. The van der Waals surface area contributed by atoms with Crippen molar-refractivity contribution in [1.29, 1.82) is 0 Å². The van der Waals surface area contributed by atoms with Gasteiger partial charge >= 0.3 is 0 Å². The number of hydrogen-bond donors (Lipinski definition) is 0. The molecule has 0 bridgehead atoms. The van der Waals surface area contributed by atoms with Crippen molar-refractivity contribution in [3.05, 3.63) is 35.4 Å². The fourth-order valence-electron chi connectivity index (χ4n) is 1.98. The minimum Gasteiger partial charge on any atom is -0.305 e. The third-order valence-corrected chi connectivity index (χ3v) is 3.00. The van der Waals surface area contributed by atoms with Crippen LogP contribution in [0.3, 0.4) is 0 Å². The first-order valence-electron chi connectivity index (χ1n) is 5.91. The predicted molar refractivity (Wildman–Crippen MR) is 69.9 cm³/mol.